The number of hydrogen-bond acceptors (Lipinski definition) is 2. The Morgan fingerprint density at radius 3 is 2.89 bits per heavy atom. The third-order valence-electron chi connectivity index (χ3n) is 3.14. The van der Waals surface area contributed by atoms with Crippen LogP contribution in [-0.2, 0) is 4.79 Å². The van der Waals surface area contributed by atoms with Gasteiger partial charge in [-0.15, -0.1) is 0 Å². The fourth-order valence-corrected chi connectivity index (χ4v) is 2.41. The minimum Gasteiger partial charge on any atom is -0.348 e. The monoisotopic (exact) mass is 328 g/mol. The van der Waals surface area contributed by atoms with E-state index in [4.69, 9.17) is 0 Å². The molecule has 0 bridgehead atoms. The molecule has 0 aromatic heterocycles. The van der Waals surface area contributed by atoms with E-state index < -0.39 is 5.82 Å². The second-order valence-corrected chi connectivity index (χ2v) is 5.47. The predicted molar refractivity (Wildman–Crippen MR) is 72.2 cm³/mol. The Kier molecular flexibility index (Phi) is 4.19. The van der Waals surface area contributed by atoms with Crippen LogP contribution in [0.5, 0.6) is 0 Å². The third-order valence-corrected chi connectivity index (χ3v) is 3.75. The molecule has 102 valence electrons. The molecule has 1 aromatic carbocycles. The molecule has 1 aromatic rings. The average molecular weight is 329 g/mol. The van der Waals surface area contributed by atoms with Crippen LogP contribution in [0.25, 0.3) is 0 Å². The molecule has 6 heteroatoms. The number of hydrogen-bond donors (Lipinski definition) is 1. The predicted octanol–water partition coefficient (Wildman–Crippen LogP) is 1.94. The normalized spacial score (nSPS) is 19.4. The van der Waals surface area contributed by atoms with Gasteiger partial charge in [-0.25, -0.2) is 4.39 Å². The third kappa shape index (κ3) is 3.32. The molecule has 1 N–H and O–H groups in total. The first-order valence-electron chi connectivity index (χ1n) is 5.97. The summed E-state index contributed by atoms with van der Waals surface area (Å²) >= 11 is 3.05. The highest BCUT2D eigenvalue weighted by Crippen LogP contribution is 2.17. The van der Waals surface area contributed by atoms with E-state index in [9.17, 15) is 14.0 Å². The van der Waals surface area contributed by atoms with Crippen LogP contribution in [0.4, 0.5) is 4.39 Å². The highest BCUT2D eigenvalue weighted by atomic mass is 79.9. The lowest BCUT2D eigenvalue weighted by atomic mass is 10.1. The minimum atomic E-state index is -0.403. The van der Waals surface area contributed by atoms with Gasteiger partial charge < -0.3 is 10.2 Å². The van der Waals surface area contributed by atoms with E-state index in [1.165, 1.54) is 18.2 Å². The highest BCUT2D eigenvalue weighted by Gasteiger charge is 2.24. The van der Waals surface area contributed by atoms with Gasteiger partial charge in [0, 0.05) is 31.6 Å². The van der Waals surface area contributed by atoms with Crippen LogP contribution in [0.3, 0.4) is 0 Å². The fraction of sp³-hybridized carbons (Fsp3) is 0.385. The Morgan fingerprint density at radius 2 is 2.26 bits per heavy atom. The van der Waals surface area contributed by atoms with Crippen LogP contribution >= 0.6 is 15.9 Å². The van der Waals surface area contributed by atoms with Gasteiger partial charge in [-0.2, -0.15) is 0 Å². The second kappa shape index (κ2) is 5.69. The first kappa shape index (κ1) is 14.0. The molecule has 0 saturated carbocycles. The van der Waals surface area contributed by atoms with Gasteiger partial charge in [0.1, 0.15) is 5.82 Å². The summed E-state index contributed by atoms with van der Waals surface area (Å²) in [5, 5.41) is 2.86. The van der Waals surface area contributed by atoms with Gasteiger partial charge in [-0.1, -0.05) is 0 Å². The topological polar surface area (TPSA) is 49.4 Å². The number of nitrogens with zero attached hydrogens (tertiary/aromatic N) is 1. The molecule has 4 nitrogen and oxygen atoms in total. The number of nitrogens with one attached hydrogen (secondary N) is 1. The molecule has 19 heavy (non-hydrogen) atoms. The lowest BCUT2D eigenvalue weighted by Crippen LogP contribution is -2.48. The van der Waals surface area contributed by atoms with E-state index in [2.05, 4.69) is 21.2 Å². The molecule has 0 radical (unpaired) electrons. The number of amides is 2. The maximum absolute atomic E-state index is 13.1. The van der Waals surface area contributed by atoms with Crippen LogP contribution in [0.15, 0.2) is 22.7 Å². The van der Waals surface area contributed by atoms with Crippen molar-refractivity contribution in [2.75, 3.05) is 13.6 Å². The van der Waals surface area contributed by atoms with Crippen molar-refractivity contribution in [1.82, 2.24) is 10.2 Å². The van der Waals surface area contributed by atoms with Gasteiger partial charge in [-0.05, 0) is 40.5 Å². The molecule has 1 aliphatic rings. The first-order chi connectivity index (χ1) is 8.97. The van der Waals surface area contributed by atoms with Crippen molar-refractivity contribution in [3.8, 4) is 0 Å². The zero-order valence-corrected chi connectivity index (χ0v) is 12.0. The Morgan fingerprint density at radius 1 is 1.53 bits per heavy atom. The molecule has 0 aliphatic carbocycles. The maximum Gasteiger partial charge on any atom is 0.251 e. The van der Waals surface area contributed by atoms with Crippen molar-refractivity contribution >= 4 is 27.7 Å². The number of halogens is 2. The van der Waals surface area contributed by atoms with Gasteiger partial charge in [0.15, 0.2) is 0 Å². The summed E-state index contributed by atoms with van der Waals surface area (Å²) in [6.07, 6.45) is 1.08. The SMILES string of the molecule is CN1CC(NC(=O)c2ccc(F)c(Br)c2)CCC1=O. The van der Waals surface area contributed by atoms with E-state index in [0.717, 1.165) is 0 Å². The van der Waals surface area contributed by atoms with E-state index in [1.54, 1.807) is 11.9 Å². The van der Waals surface area contributed by atoms with Crippen molar-refractivity contribution in [3.05, 3.63) is 34.1 Å². The summed E-state index contributed by atoms with van der Waals surface area (Å²) in [5.74, 6) is -0.567. The van der Waals surface area contributed by atoms with Gasteiger partial charge >= 0.3 is 0 Å². The summed E-state index contributed by atoms with van der Waals surface area (Å²) in [7, 11) is 1.72. The van der Waals surface area contributed by atoms with E-state index >= 15 is 0 Å². The highest BCUT2D eigenvalue weighted by molar-refractivity contribution is 9.10. The standard InChI is InChI=1S/C13H14BrFN2O2/c1-17-7-9(3-5-12(17)18)16-13(19)8-2-4-11(15)10(14)6-8/h2,4,6,9H,3,5,7H2,1H3,(H,16,19). The molecule has 1 heterocycles. The van der Waals surface area contributed by atoms with Crippen LogP contribution in [0.1, 0.15) is 23.2 Å². The van der Waals surface area contributed by atoms with Crippen LogP contribution in [-0.4, -0.2) is 36.3 Å². The lowest BCUT2D eigenvalue weighted by molar-refractivity contribution is -0.132. The van der Waals surface area contributed by atoms with Gasteiger partial charge in [0.25, 0.3) is 5.91 Å². The summed E-state index contributed by atoms with van der Waals surface area (Å²) in [6, 6.07) is 4.07. The number of piperidine rings is 1. The number of carbonyl (C=O) groups is 2. The minimum absolute atomic E-state index is 0.0565. The molecule has 1 unspecified atom stereocenters. The molecule has 2 rings (SSSR count). The van der Waals surface area contributed by atoms with Crippen LogP contribution in [0, 0.1) is 5.82 Å². The van der Waals surface area contributed by atoms with E-state index in [-0.39, 0.29) is 22.3 Å². The zero-order chi connectivity index (χ0) is 14.0. The van der Waals surface area contributed by atoms with E-state index in [0.29, 0.717) is 24.9 Å². The maximum atomic E-state index is 13.1. The molecule has 2 amide bonds. The lowest BCUT2D eigenvalue weighted by Gasteiger charge is -2.30. The molecule has 1 fully saturated rings. The molecular formula is C13H14BrFN2O2. The van der Waals surface area contributed by atoms with Crippen molar-refractivity contribution in [2.24, 2.45) is 0 Å². The zero-order valence-electron chi connectivity index (χ0n) is 10.5. The smallest absolute Gasteiger partial charge is 0.251 e. The molecule has 1 aliphatic heterocycles. The second-order valence-electron chi connectivity index (χ2n) is 4.61. The Balaban J connectivity index is 2.01. The Bertz CT molecular complexity index is 521. The van der Waals surface area contributed by atoms with Gasteiger partial charge in [0.05, 0.1) is 4.47 Å². The Labute approximate surface area is 119 Å². The average Bonchev–Trinajstić information content (AvgIpc) is 2.37. The van der Waals surface area contributed by atoms with Gasteiger partial charge in [-0.3, -0.25) is 9.59 Å². The number of likely N-dealkylation sites (N-methyl/N-ethyl adjacent to an activating group) is 1. The summed E-state index contributed by atoms with van der Waals surface area (Å²) in [5.41, 5.74) is 0.396. The number of likely N-dealkylation sites (tertiary alicyclic amines) is 1. The molecule has 1 saturated heterocycles. The Hall–Kier alpha value is -1.43. The number of rotatable bonds is 2. The summed E-state index contributed by atoms with van der Waals surface area (Å²) < 4.78 is 13.4. The number of benzene rings is 1. The van der Waals surface area contributed by atoms with Crippen LogP contribution in [0.2, 0.25) is 0 Å². The van der Waals surface area contributed by atoms with Crippen molar-refractivity contribution in [2.45, 2.75) is 18.9 Å². The number of carbonyl (C=O) groups excluding carboxylic acids is 2. The van der Waals surface area contributed by atoms with Crippen molar-refractivity contribution in [1.29, 1.82) is 0 Å². The van der Waals surface area contributed by atoms with Crippen LogP contribution < -0.4 is 5.32 Å². The quantitative estimate of drug-likeness (QED) is 0.901. The van der Waals surface area contributed by atoms with Gasteiger partial charge in [0.2, 0.25) is 5.91 Å². The largest absolute Gasteiger partial charge is 0.348 e. The van der Waals surface area contributed by atoms with Crippen molar-refractivity contribution < 1.29 is 14.0 Å². The fourth-order valence-electron chi connectivity index (χ4n) is 2.04. The summed E-state index contributed by atoms with van der Waals surface area (Å²) in [6.45, 7) is 0.507. The first-order valence-corrected chi connectivity index (χ1v) is 6.76. The molecule has 0 spiro atoms. The molecule has 1 atom stereocenters. The summed E-state index contributed by atoms with van der Waals surface area (Å²) in [4.78, 5) is 25.0. The molecular weight excluding hydrogens is 315 g/mol. The van der Waals surface area contributed by atoms with Crippen molar-refractivity contribution in [3.63, 3.8) is 0 Å². The van der Waals surface area contributed by atoms with E-state index in [1.807, 2.05) is 0 Å².